The van der Waals surface area contributed by atoms with E-state index in [1.54, 1.807) is 4.90 Å². The van der Waals surface area contributed by atoms with E-state index in [9.17, 15) is 14.7 Å². The van der Waals surface area contributed by atoms with Crippen LogP contribution in [0.2, 0.25) is 0 Å². The zero-order valence-corrected chi connectivity index (χ0v) is 15.5. The lowest BCUT2D eigenvalue weighted by Crippen LogP contribution is -2.49. The molecule has 2 amide bonds. The summed E-state index contributed by atoms with van der Waals surface area (Å²) in [4.78, 5) is 25.2. The zero-order valence-electron chi connectivity index (χ0n) is 15.5. The Morgan fingerprint density at radius 1 is 1.23 bits per heavy atom. The molecule has 2 aliphatic rings. The van der Waals surface area contributed by atoms with Crippen molar-refractivity contribution in [2.24, 2.45) is 11.8 Å². The summed E-state index contributed by atoms with van der Waals surface area (Å²) in [5.41, 5.74) is 0. The van der Waals surface area contributed by atoms with Crippen molar-refractivity contribution < 1.29 is 14.7 Å². The third-order valence-electron chi connectivity index (χ3n) is 5.34. The molecule has 0 aromatic carbocycles. The smallest absolute Gasteiger partial charge is 0.317 e. The number of carboxylic acids is 1. The van der Waals surface area contributed by atoms with Gasteiger partial charge in [-0.3, -0.25) is 4.79 Å². The predicted octanol–water partition coefficient (Wildman–Crippen LogP) is 1.69. The fourth-order valence-corrected chi connectivity index (χ4v) is 3.98. The molecule has 8 nitrogen and oxygen atoms in total. The summed E-state index contributed by atoms with van der Waals surface area (Å²) < 4.78 is 2.23. The topological polar surface area (TPSA) is 100 Å². The number of aliphatic carboxylic acids is 1. The van der Waals surface area contributed by atoms with Crippen LogP contribution in [0.5, 0.6) is 0 Å². The molecule has 1 aromatic heterocycles. The molecule has 2 aliphatic heterocycles. The Morgan fingerprint density at radius 2 is 2.08 bits per heavy atom. The summed E-state index contributed by atoms with van der Waals surface area (Å²) in [5.74, 6) is 1.03. The number of aryl methyl sites for hydroxylation is 2. The van der Waals surface area contributed by atoms with E-state index in [1.165, 1.54) is 19.3 Å². The van der Waals surface area contributed by atoms with Gasteiger partial charge in [0.15, 0.2) is 0 Å². The number of nitrogens with zero attached hydrogens (tertiary/aromatic N) is 4. The van der Waals surface area contributed by atoms with E-state index >= 15 is 0 Å². The molecular formula is C18H29N5O3. The van der Waals surface area contributed by atoms with Gasteiger partial charge in [-0.05, 0) is 31.6 Å². The van der Waals surface area contributed by atoms with E-state index in [-0.39, 0.29) is 11.9 Å². The Balaban J connectivity index is 1.44. The largest absolute Gasteiger partial charge is 0.481 e. The summed E-state index contributed by atoms with van der Waals surface area (Å²) >= 11 is 0. The number of carbonyl (C=O) groups excluding carboxylic acids is 1. The van der Waals surface area contributed by atoms with Gasteiger partial charge in [0.05, 0.1) is 5.92 Å². The van der Waals surface area contributed by atoms with Crippen LogP contribution in [0.1, 0.15) is 50.7 Å². The highest BCUT2D eigenvalue weighted by Crippen LogP contribution is 2.21. The molecule has 3 heterocycles. The van der Waals surface area contributed by atoms with Crippen LogP contribution in [-0.2, 0) is 24.2 Å². The molecule has 0 aliphatic carbocycles. The average molecular weight is 363 g/mol. The average Bonchev–Trinajstić information content (AvgIpc) is 2.84. The van der Waals surface area contributed by atoms with Crippen molar-refractivity contribution in [3.05, 3.63) is 11.6 Å². The van der Waals surface area contributed by atoms with E-state index in [0.717, 1.165) is 37.5 Å². The molecule has 26 heavy (non-hydrogen) atoms. The highest BCUT2D eigenvalue weighted by Gasteiger charge is 2.31. The number of hydrogen-bond acceptors (Lipinski definition) is 4. The maximum absolute atomic E-state index is 12.3. The fourth-order valence-electron chi connectivity index (χ4n) is 3.98. The fraction of sp³-hybridized carbons (Fsp3) is 0.778. The number of carboxylic acid groups (broad SMARTS) is 1. The van der Waals surface area contributed by atoms with Crippen LogP contribution >= 0.6 is 0 Å². The van der Waals surface area contributed by atoms with Crippen LogP contribution in [0.4, 0.5) is 4.79 Å². The van der Waals surface area contributed by atoms with E-state index < -0.39 is 11.9 Å². The van der Waals surface area contributed by atoms with Crippen molar-refractivity contribution in [3.8, 4) is 0 Å². The first-order valence-corrected chi connectivity index (χ1v) is 9.71. The van der Waals surface area contributed by atoms with Gasteiger partial charge in [0.2, 0.25) is 0 Å². The van der Waals surface area contributed by atoms with Gasteiger partial charge < -0.3 is 19.9 Å². The predicted molar refractivity (Wildman–Crippen MR) is 95.8 cm³/mol. The first-order valence-electron chi connectivity index (χ1n) is 9.71. The lowest BCUT2D eigenvalue weighted by molar-refractivity contribution is -0.143. The molecular weight excluding hydrogens is 334 g/mol. The van der Waals surface area contributed by atoms with Gasteiger partial charge in [0.25, 0.3) is 0 Å². The zero-order chi connectivity index (χ0) is 18.5. The summed E-state index contributed by atoms with van der Waals surface area (Å²) in [6.45, 7) is 4.46. The summed E-state index contributed by atoms with van der Waals surface area (Å²) in [5, 5.41) is 20.8. The minimum atomic E-state index is -0.818. The van der Waals surface area contributed by atoms with Crippen molar-refractivity contribution in [1.29, 1.82) is 0 Å². The maximum atomic E-state index is 12.3. The van der Waals surface area contributed by atoms with Crippen molar-refractivity contribution >= 4 is 12.0 Å². The standard InChI is InChI=1S/C18H29N5O3/c1-13-10-14(17(24)25)12-22(11-13)18(26)19-8-5-7-16-21-20-15-6-3-2-4-9-23(15)16/h13-14H,2-12H2,1H3,(H,19,26)(H,24,25). The van der Waals surface area contributed by atoms with Crippen molar-refractivity contribution in [2.75, 3.05) is 19.6 Å². The monoisotopic (exact) mass is 363 g/mol. The van der Waals surface area contributed by atoms with Crippen molar-refractivity contribution in [2.45, 2.75) is 58.4 Å². The molecule has 0 radical (unpaired) electrons. The second-order valence-electron chi connectivity index (χ2n) is 7.61. The molecule has 2 N–H and O–H groups in total. The summed E-state index contributed by atoms with van der Waals surface area (Å²) in [6.07, 6.45) is 6.83. The Bertz CT molecular complexity index is 645. The number of rotatable bonds is 5. The number of likely N-dealkylation sites (tertiary alicyclic amines) is 1. The number of hydrogen-bond donors (Lipinski definition) is 2. The summed E-state index contributed by atoms with van der Waals surface area (Å²) in [7, 11) is 0. The molecule has 2 unspecified atom stereocenters. The van der Waals surface area contributed by atoms with E-state index in [2.05, 4.69) is 20.1 Å². The highest BCUT2D eigenvalue weighted by atomic mass is 16.4. The molecule has 3 rings (SSSR count). The van der Waals surface area contributed by atoms with E-state index in [1.807, 2.05) is 6.92 Å². The quantitative estimate of drug-likeness (QED) is 0.776. The first kappa shape index (κ1) is 18.7. The van der Waals surface area contributed by atoms with Crippen LogP contribution in [-0.4, -0.2) is 56.4 Å². The lowest BCUT2D eigenvalue weighted by Gasteiger charge is -2.34. The van der Waals surface area contributed by atoms with Crippen LogP contribution in [0, 0.1) is 11.8 Å². The Hall–Kier alpha value is -2.12. The lowest BCUT2D eigenvalue weighted by atomic mass is 9.91. The van der Waals surface area contributed by atoms with Gasteiger partial charge in [-0.1, -0.05) is 13.3 Å². The van der Waals surface area contributed by atoms with Crippen molar-refractivity contribution in [1.82, 2.24) is 25.0 Å². The molecule has 0 saturated carbocycles. The number of carbonyl (C=O) groups is 2. The first-order chi connectivity index (χ1) is 12.5. The van der Waals surface area contributed by atoms with Gasteiger partial charge in [-0.2, -0.15) is 0 Å². The number of urea groups is 1. The molecule has 0 bridgehead atoms. The number of piperidine rings is 1. The minimum absolute atomic E-state index is 0.164. The molecule has 1 aromatic rings. The van der Waals surface area contributed by atoms with Crippen LogP contribution < -0.4 is 5.32 Å². The van der Waals surface area contributed by atoms with E-state index in [0.29, 0.717) is 26.1 Å². The van der Waals surface area contributed by atoms with Gasteiger partial charge >= 0.3 is 12.0 Å². The molecule has 1 fully saturated rings. The SMILES string of the molecule is CC1CC(C(=O)O)CN(C(=O)NCCCc2nnc3n2CCCCC3)C1. The van der Waals surface area contributed by atoms with Crippen LogP contribution in [0.3, 0.4) is 0 Å². The van der Waals surface area contributed by atoms with Gasteiger partial charge in [0.1, 0.15) is 11.6 Å². The van der Waals surface area contributed by atoms with E-state index in [4.69, 9.17) is 0 Å². The number of amides is 2. The van der Waals surface area contributed by atoms with Gasteiger partial charge in [-0.15, -0.1) is 10.2 Å². The second-order valence-corrected chi connectivity index (χ2v) is 7.61. The molecule has 1 saturated heterocycles. The second kappa shape index (κ2) is 8.51. The van der Waals surface area contributed by atoms with Crippen molar-refractivity contribution in [3.63, 3.8) is 0 Å². The number of nitrogens with one attached hydrogen (secondary N) is 1. The molecule has 8 heteroatoms. The number of aromatic nitrogens is 3. The maximum Gasteiger partial charge on any atom is 0.317 e. The van der Waals surface area contributed by atoms with Gasteiger partial charge in [-0.25, -0.2) is 4.79 Å². The van der Waals surface area contributed by atoms with Crippen LogP contribution in [0.25, 0.3) is 0 Å². The summed E-state index contributed by atoms with van der Waals surface area (Å²) in [6, 6.07) is -0.164. The normalized spacial score (nSPS) is 23.2. The molecule has 0 spiro atoms. The number of fused-ring (bicyclic) bond motifs is 1. The molecule has 144 valence electrons. The Kier molecular flexibility index (Phi) is 6.11. The highest BCUT2D eigenvalue weighted by molar-refractivity contribution is 5.76. The minimum Gasteiger partial charge on any atom is -0.481 e. The Labute approximate surface area is 154 Å². The molecule has 2 atom stereocenters. The third-order valence-corrected chi connectivity index (χ3v) is 5.34. The van der Waals surface area contributed by atoms with Crippen LogP contribution in [0.15, 0.2) is 0 Å². The third kappa shape index (κ3) is 4.53. The Morgan fingerprint density at radius 3 is 2.88 bits per heavy atom. The van der Waals surface area contributed by atoms with Gasteiger partial charge in [0, 0.05) is 39.0 Å².